The highest BCUT2D eigenvalue weighted by molar-refractivity contribution is 6.23. The zero-order valence-corrected chi connectivity index (χ0v) is 27.2. The lowest BCUT2D eigenvalue weighted by molar-refractivity contribution is 1.26. The molecule has 0 saturated carbocycles. The summed E-state index contributed by atoms with van der Waals surface area (Å²) in [7, 11) is 0. The van der Waals surface area contributed by atoms with Crippen LogP contribution in [0.4, 0.5) is 0 Å². The minimum absolute atomic E-state index is 1.22. The van der Waals surface area contributed by atoms with Crippen molar-refractivity contribution in [1.29, 1.82) is 0 Å². The third-order valence-corrected chi connectivity index (χ3v) is 10.6. The van der Waals surface area contributed by atoms with E-state index in [1.54, 1.807) is 0 Å². The summed E-state index contributed by atoms with van der Waals surface area (Å²) in [4.78, 5) is 0. The highest BCUT2D eigenvalue weighted by Gasteiger charge is 2.22. The molecule has 0 unspecified atom stereocenters. The first-order valence-electron chi connectivity index (χ1n) is 17.3. The van der Waals surface area contributed by atoms with Gasteiger partial charge in [-0.25, -0.2) is 0 Å². The number of rotatable bonds is 4. The SMILES string of the molecule is c1ccc(-c2ccc(-c3cc4c5ccccc5n5c6cc(-c7ccc(-c8ccccc8)cc7)cc7c8ccccc8n(c(c3)c45)c76)cc2)cc1. The van der Waals surface area contributed by atoms with E-state index in [1.165, 1.54) is 99.2 Å². The van der Waals surface area contributed by atoms with Crippen LogP contribution in [0.25, 0.3) is 99.2 Å². The van der Waals surface area contributed by atoms with Crippen LogP contribution in [0.15, 0.2) is 182 Å². The van der Waals surface area contributed by atoms with Crippen LogP contribution < -0.4 is 0 Å². The van der Waals surface area contributed by atoms with E-state index < -0.39 is 0 Å². The van der Waals surface area contributed by atoms with E-state index in [4.69, 9.17) is 0 Å². The molecule has 0 bridgehead atoms. The summed E-state index contributed by atoms with van der Waals surface area (Å²) in [5.74, 6) is 0. The summed E-state index contributed by atoms with van der Waals surface area (Å²) >= 11 is 0. The van der Waals surface area contributed by atoms with Crippen LogP contribution in [0, 0.1) is 0 Å². The zero-order valence-electron chi connectivity index (χ0n) is 27.2. The first-order chi connectivity index (χ1) is 24.8. The zero-order chi connectivity index (χ0) is 32.8. The number of para-hydroxylation sites is 2. The molecule has 0 radical (unpaired) electrons. The summed E-state index contributed by atoms with van der Waals surface area (Å²) in [6.45, 7) is 0. The average molecular weight is 635 g/mol. The van der Waals surface area contributed by atoms with Crippen LogP contribution in [-0.4, -0.2) is 8.80 Å². The molecule has 0 N–H and O–H groups in total. The van der Waals surface area contributed by atoms with Crippen molar-refractivity contribution in [1.82, 2.24) is 8.80 Å². The first kappa shape index (κ1) is 27.3. The van der Waals surface area contributed by atoms with E-state index in [2.05, 4.69) is 191 Å². The lowest BCUT2D eigenvalue weighted by Crippen LogP contribution is -1.98. The normalized spacial score (nSPS) is 12.0. The second kappa shape index (κ2) is 10.4. The molecular weight excluding hydrogens is 605 g/mol. The maximum atomic E-state index is 2.52. The Kier molecular flexibility index (Phi) is 5.70. The predicted molar refractivity (Wildman–Crippen MR) is 211 cm³/mol. The molecule has 11 rings (SSSR count). The Morgan fingerprint density at radius 3 is 0.940 bits per heavy atom. The standard InChI is InChI=1S/C48H30N2/c1-3-11-31(12-4-1)33-19-23-35(24-20-33)37-27-41-39-15-7-9-17-43(39)50-46-30-38(36-25-21-34(22-26-36)32-13-5-2-6-14-32)28-42-40-16-8-10-18-44(40)49(48(42)46)45(29-37)47(41)50/h1-30H. The molecule has 0 aliphatic rings. The van der Waals surface area contributed by atoms with Gasteiger partial charge in [-0.05, 0) is 80.9 Å². The minimum atomic E-state index is 1.22. The highest BCUT2D eigenvalue weighted by Crippen LogP contribution is 2.44. The Hall–Kier alpha value is -6.64. The van der Waals surface area contributed by atoms with Crippen LogP contribution in [-0.2, 0) is 0 Å². The predicted octanol–water partition coefficient (Wildman–Crippen LogP) is 12.9. The van der Waals surface area contributed by atoms with Crippen molar-refractivity contribution < 1.29 is 0 Å². The molecule has 11 aromatic rings. The third-order valence-electron chi connectivity index (χ3n) is 10.6. The molecule has 0 spiro atoms. The van der Waals surface area contributed by atoms with E-state index in [0.29, 0.717) is 0 Å². The van der Waals surface area contributed by atoms with Crippen molar-refractivity contribution in [3.8, 4) is 44.5 Å². The van der Waals surface area contributed by atoms with Gasteiger partial charge in [0.1, 0.15) is 0 Å². The van der Waals surface area contributed by atoms with Gasteiger partial charge in [-0.3, -0.25) is 0 Å². The molecule has 0 saturated heterocycles. The average Bonchev–Trinajstić information content (AvgIpc) is 3.72. The Labute approximate surface area is 289 Å². The lowest BCUT2D eigenvalue weighted by atomic mass is 9.98. The van der Waals surface area contributed by atoms with Crippen LogP contribution in [0.3, 0.4) is 0 Å². The Bertz CT molecular complexity index is 2830. The number of hydrogen-bond acceptors (Lipinski definition) is 0. The van der Waals surface area contributed by atoms with E-state index in [9.17, 15) is 0 Å². The van der Waals surface area contributed by atoms with Gasteiger partial charge in [0.2, 0.25) is 0 Å². The van der Waals surface area contributed by atoms with Crippen LogP contribution in [0.1, 0.15) is 0 Å². The molecule has 2 nitrogen and oxygen atoms in total. The molecule has 0 atom stereocenters. The van der Waals surface area contributed by atoms with Crippen molar-refractivity contribution in [2.24, 2.45) is 0 Å². The van der Waals surface area contributed by atoms with Gasteiger partial charge in [0.15, 0.2) is 0 Å². The molecule has 3 aromatic heterocycles. The van der Waals surface area contributed by atoms with E-state index in [1.807, 2.05) is 0 Å². The van der Waals surface area contributed by atoms with Crippen molar-refractivity contribution in [2.75, 3.05) is 0 Å². The highest BCUT2D eigenvalue weighted by atomic mass is 15.0. The quantitative estimate of drug-likeness (QED) is 0.170. The topological polar surface area (TPSA) is 8.82 Å². The summed E-state index contributed by atoms with van der Waals surface area (Å²) in [6, 6.07) is 66.7. The maximum Gasteiger partial charge on any atom is 0.0783 e. The molecule has 50 heavy (non-hydrogen) atoms. The molecular formula is C48H30N2. The largest absolute Gasteiger partial charge is 0.305 e. The summed E-state index contributed by atoms with van der Waals surface area (Å²) < 4.78 is 5.04. The van der Waals surface area contributed by atoms with Gasteiger partial charge in [-0.1, -0.05) is 146 Å². The number of benzene rings is 8. The van der Waals surface area contributed by atoms with Gasteiger partial charge in [0, 0.05) is 21.5 Å². The second-order valence-electron chi connectivity index (χ2n) is 13.4. The maximum absolute atomic E-state index is 2.52. The third kappa shape index (κ3) is 3.90. The fourth-order valence-corrected chi connectivity index (χ4v) is 8.30. The Morgan fingerprint density at radius 1 is 0.220 bits per heavy atom. The molecule has 0 fully saturated rings. The van der Waals surface area contributed by atoms with E-state index in [0.717, 1.165) is 0 Å². The second-order valence-corrected chi connectivity index (χ2v) is 13.4. The van der Waals surface area contributed by atoms with Crippen molar-refractivity contribution in [3.63, 3.8) is 0 Å². The molecule has 2 heteroatoms. The van der Waals surface area contributed by atoms with E-state index >= 15 is 0 Å². The number of fused-ring (bicyclic) bond motifs is 8. The fourth-order valence-electron chi connectivity index (χ4n) is 8.30. The molecule has 0 amide bonds. The molecule has 3 heterocycles. The van der Waals surface area contributed by atoms with Gasteiger partial charge in [0.25, 0.3) is 0 Å². The van der Waals surface area contributed by atoms with Gasteiger partial charge < -0.3 is 8.80 Å². The summed E-state index contributed by atoms with van der Waals surface area (Å²) in [5, 5.41) is 5.09. The molecule has 232 valence electrons. The van der Waals surface area contributed by atoms with Crippen molar-refractivity contribution in [2.45, 2.75) is 0 Å². The van der Waals surface area contributed by atoms with Gasteiger partial charge in [-0.15, -0.1) is 0 Å². The summed E-state index contributed by atoms with van der Waals surface area (Å²) in [6.07, 6.45) is 0. The van der Waals surface area contributed by atoms with Gasteiger partial charge >= 0.3 is 0 Å². The molecule has 0 aliphatic carbocycles. The number of nitrogens with zero attached hydrogens (tertiary/aromatic N) is 2. The molecule has 0 aliphatic heterocycles. The smallest absolute Gasteiger partial charge is 0.0783 e. The molecule has 8 aromatic carbocycles. The van der Waals surface area contributed by atoms with Crippen LogP contribution >= 0.6 is 0 Å². The van der Waals surface area contributed by atoms with Gasteiger partial charge in [-0.2, -0.15) is 0 Å². The van der Waals surface area contributed by atoms with Crippen molar-refractivity contribution >= 4 is 54.6 Å². The van der Waals surface area contributed by atoms with Crippen LogP contribution in [0.5, 0.6) is 0 Å². The van der Waals surface area contributed by atoms with Crippen LogP contribution in [0.2, 0.25) is 0 Å². The summed E-state index contributed by atoms with van der Waals surface area (Å²) in [5.41, 5.74) is 17.2. The first-order valence-corrected chi connectivity index (χ1v) is 17.3. The Balaban J connectivity index is 1.21. The van der Waals surface area contributed by atoms with Gasteiger partial charge in [0.05, 0.1) is 33.1 Å². The number of aromatic nitrogens is 2. The minimum Gasteiger partial charge on any atom is -0.305 e. The number of hydrogen-bond donors (Lipinski definition) is 0. The Morgan fingerprint density at radius 2 is 0.540 bits per heavy atom. The fraction of sp³-hybridized carbons (Fsp3) is 0. The lowest BCUT2D eigenvalue weighted by Gasteiger charge is -2.15. The monoisotopic (exact) mass is 634 g/mol. The van der Waals surface area contributed by atoms with E-state index in [-0.39, 0.29) is 0 Å². The van der Waals surface area contributed by atoms with Crippen molar-refractivity contribution in [3.05, 3.63) is 182 Å².